The molecule has 19 heavy (non-hydrogen) atoms. The maximum absolute atomic E-state index is 12.2. The Morgan fingerprint density at radius 2 is 1.79 bits per heavy atom. The molecule has 2 aliphatic rings. The average molecular weight is 272 g/mol. The van der Waals surface area contributed by atoms with Gasteiger partial charge in [-0.05, 0) is 12.8 Å². The maximum atomic E-state index is 12.2. The zero-order valence-corrected chi connectivity index (χ0v) is 10.9. The minimum Gasteiger partial charge on any atom is -0.481 e. The number of carbonyl (C=O) groups is 2. The molecule has 7 heteroatoms. The molecule has 108 valence electrons. The SMILES string of the molecule is CCC1(C(=O)O)CCN(C(=O)N2CC(O)C(O)C2)C1. The van der Waals surface area contributed by atoms with Gasteiger partial charge in [0.2, 0.25) is 0 Å². The number of hydrogen-bond donors (Lipinski definition) is 3. The number of carboxylic acids is 1. The van der Waals surface area contributed by atoms with E-state index in [1.165, 1.54) is 9.80 Å². The van der Waals surface area contributed by atoms with Crippen LogP contribution < -0.4 is 0 Å². The molecule has 2 heterocycles. The monoisotopic (exact) mass is 272 g/mol. The number of carbonyl (C=O) groups excluding carboxylic acids is 1. The van der Waals surface area contributed by atoms with Crippen LogP contribution in [-0.4, -0.2) is 75.5 Å². The molecule has 7 nitrogen and oxygen atoms in total. The van der Waals surface area contributed by atoms with Crippen LogP contribution in [-0.2, 0) is 4.79 Å². The standard InChI is InChI=1S/C12H20N2O5/c1-2-12(10(17)18)3-4-13(7-12)11(19)14-5-8(15)9(16)6-14/h8-9,15-16H,2-7H2,1H3,(H,17,18). The molecule has 0 bridgehead atoms. The van der Waals surface area contributed by atoms with E-state index in [0.29, 0.717) is 19.4 Å². The van der Waals surface area contributed by atoms with Crippen LogP contribution in [0.4, 0.5) is 4.79 Å². The summed E-state index contributed by atoms with van der Waals surface area (Å²) < 4.78 is 0. The number of rotatable bonds is 2. The molecule has 3 unspecified atom stereocenters. The number of aliphatic carboxylic acids is 1. The Balaban J connectivity index is 2.01. The predicted octanol–water partition coefficient (Wildman–Crippen LogP) is -0.669. The first-order valence-electron chi connectivity index (χ1n) is 6.53. The van der Waals surface area contributed by atoms with Crippen molar-refractivity contribution in [2.75, 3.05) is 26.2 Å². The summed E-state index contributed by atoms with van der Waals surface area (Å²) >= 11 is 0. The third-order valence-electron chi connectivity index (χ3n) is 4.28. The van der Waals surface area contributed by atoms with Crippen molar-refractivity contribution >= 4 is 12.0 Å². The predicted molar refractivity (Wildman–Crippen MR) is 65.5 cm³/mol. The molecule has 0 radical (unpaired) electrons. The van der Waals surface area contributed by atoms with Crippen molar-refractivity contribution in [2.45, 2.75) is 32.0 Å². The zero-order valence-electron chi connectivity index (χ0n) is 10.9. The third-order valence-corrected chi connectivity index (χ3v) is 4.28. The van der Waals surface area contributed by atoms with Crippen LogP contribution in [0.25, 0.3) is 0 Å². The van der Waals surface area contributed by atoms with E-state index in [-0.39, 0.29) is 25.7 Å². The van der Waals surface area contributed by atoms with Crippen molar-refractivity contribution in [3.8, 4) is 0 Å². The normalized spacial score (nSPS) is 34.9. The van der Waals surface area contributed by atoms with Gasteiger partial charge in [0.15, 0.2) is 0 Å². The Morgan fingerprint density at radius 1 is 1.21 bits per heavy atom. The van der Waals surface area contributed by atoms with Crippen molar-refractivity contribution in [2.24, 2.45) is 5.41 Å². The molecule has 0 spiro atoms. The number of carboxylic acid groups (broad SMARTS) is 1. The van der Waals surface area contributed by atoms with E-state index in [4.69, 9.17) is 0 Å². The smallest absolute Gasteiger partial charge is 0.320 e. The van der Waals surface area contributed by atoms with E-state index in [9.17, 15) is 24.9 Å². The summed E-state index contributed by atoms with van der Waals surface area (Å²) in [6.07, 6.45) is -0.898. The minimum absolute atomic E-state index is 0.0999. The second kappa shape index (κ2) is 4.97. The molecular weight excluding hydrogens is 252 g/mol. The lowest BCUT2D eigenvalue weighted by Gasteiger charge is -2.26. The van der Waals surface area contributed by atoms with E-state index in [0.717, 1.165) is 0 Å². The number of urea groups is 1. The van der Waals surface area contributed by atoms with Gasteiger partial charge in [-0.3, -0.25) is 4.79 Å². The molecule has 0 aromatic heterocycles. The van der Waals surface area contributed by atoms with Crippen LogP contribution in [0.15, 0.2) is 0 Å². The molecule has 2 amide bonds. The molecule has 2 rings (SSSR count). The topological polar surface area (TPSA) is 101 Å². The van der Waals surface area contributed by atoms with Crippen LogP contribution in [0.3, 0.4) is 0 Å². The molecule has 0 aliphatic carbocycles. The molecule has 2 aliphatic heterocycles. The number of likely N-dealkylation sites (tertiary alicyclic amines) is 2. The fraction of sp³-hybridized carbons (Fsp3) is 0.833. The summed E-state index contributed by atoms with van der Waals surface area (Å²) in [6, 6.07) is -0.299. The van der Waals surface area contributed by atoms with Gasteiger partial charge in [-0.15, -0.1) is 0 Å². The average Bonchev–Trinajstić information content (AvgIpc) is 2.94. The van der Waals surface area contributed by atoms with E-state index >= 15 is 0 Å². The van der Waals surface area contributed by atoms with Crippen LogP contribution in [0.1, 0.15) is 19.8 Å². The van der Waals surface area contributed by atoms with Crippen LogP contribution in [0, 0.1) is 5.41 Å². The molecule has 0 aromatic carbocycles. The molecule has 2 fully saturated rings. The Labute approximate surface area is 111 Å². The van der Waals surface area contributed by atoms with Gasteiger partial charge in [0.1, 0.15) is 0 Å². The van der Waals surface area contributed by atoms with Gasteiger partial charge in [-0.1, -0.05) is 6.92 Å². The van der Waals surface area contributed by atoms with E-state index in [1.807, 2.05) is 6.92 Å². The van der Waals surface area contributed by atoms with Crippen molar-refractivity contribution < 1.29 is 24.9 Å². The zero-order chi connectivity index (χ0) is 14.2. The van der Waals surface area contributed by atoms with Crippen LogP contribution in [0.5, 0.6) is 0 Å². The second-order valence-electron chi connectivity index (χ2n) is 5.43. The Bertz CT molecular complexity index is 378. The lowest BCUT2D eigenvalue weighted by molar-refractivity contribution is -0.148. The molecule has 0 aromatic rings. The number of hydrogen-bond acceptors (Lipinski definition) is 4. The molecule has 2 saturated heterocycles. The first-order valence-corrected chi connectivity index (χ1v) is 6.53. The van der Waals surface area contributed by atoms with E-state index in [1.54, 1.807) is 0 Å². The largest absolute Gasteiger partial charge is 0.481 e. The Morgan fingerprint density at radius 3 is 2.21 bits per heavy atom. The molecule has 3 N–H and O–H groups in total. The quantitative estimate of drug-likeness (QED) is 0.619. The highest BCUT2D eigenvalue weighted by molar-refractivity contribution is 5.80. The van der Waals surface area contributed by atoms with E-state index in [2.05, 4.69) is 0 Å². The van der Waals surface area contributed by atoms with Crippen molar-refractivity contribution in [1.82, 2.24) is 9.80 Å². The minimum atomic E-state index is -0.915. The summed E-state index contributed by atoms with van der Waals surface area (Å²) in [7, 11) is 0. The van der Waals surface area contributed by atoms with Crippen LogP contribution in [0.2, 0.25) is 0 Å². The number of aliphatic hydroxyl groups excluding tert-OH is 2. The summed E-state index contributed by atoms with van der Waals surface area (Å²) in [4.78, 5) is 26.4. The maximum Gasteiger partial charge on any atom is 0.320 e. The second-order valence-corrected chi connectivity index (χ2v) is 5.43. The summed E-state index contributed by atoms with van der Waals surface area (Å²) in [5.41, 5.74) is -0.855. The summed E-state index contributed by atoms with van der Waals surface area (Å²) in [6.45, 7) is 2.61. The highest BCUT2D eigenvalue weighted by Gasteiger charge is 2.46. The number of nitrogens with zero attached hydrogens (tertiary/aromatic N) is 2. The highest BCUT2D eigenvalue weighted by atomic mass is 16.4. The number of amides is 2. The van der Waals surface area contributed by atoms with Gasteiger partial charge < -0.3 is 25.1 Å². The first-order chi connectivity index (χ1) is 8.89. The van der Waals surface area contributed by atoms with Gasteiger partial charge in [0.25, 0.3) is 0 Å². The molecule has 0 saturated carbocycles. The van der Waals surface area contributed by atoms with Gasteiger partial charge in [-0.25, -0.2) is 4.79 Å². The fourth-order valence-corrected chi connectivity index (χ4v) is 2.78. The Hall–Kier alpha value is -1.34. The lowest BCUT2D eigenvalue weighted by Crippen LogP contribution is -2.43. The van der Waals surface area contributed by atoms with E-state index < -0.39 is 23.6 Å². The van der Waals surface area contributed by atoms with Gasteiger partial charge in [0.05, 0.1) is 30.7 Å². The van der Waals surface area contributed by atoms with Gasteiger partial charge in [-0.2, -0.15) is 0 Å². The summed E-state index contributed by atoms with van der Waals surface area (Å²) in [5.74, 6) is -0.869. The van der Waals surface area contributed by atoms with Crippen LogP contribution >= 0.6 is 0 Å². The Kier molecular flexibility index (Phi) is 3.69. The number of aliphatic hydroxyl groups is 2. The third kappa shape index (κ3) is 2.40. The first kappa shape index (κ1) is 14.1. The van der Waals surface area contributed by atoms with Gasteiger partial charge in [0, 0.05) is 13.1 Å². The van der Waals surface area contributed by atoms with Gasteiger partial charge >= 0.3 is 12.0 Å². The van der Waals surface area contributed by atoms with Crippen molar-refractivity contribution in [3.63, 3.8) is 0 Å². The fourth-order valence-electron chi connectivity index (χ4n) is 2.78. The molecular formula is C12H20N2O5. The summed E-state index contributed by atoms with van der Waals surface area (Å²) in [5, 5.41) is 28.2. The highest BCUT2D eigenvalue weighted by Crippen LogP contribution is 2.34. The lowest BCUT2D eigenvalue weighted by atomic mass is 9.84. The number of β-amino-alcohol motifs (C(OH)–C–C–N with tert-alkyl or cyclic N) is 2. The molecule has 3 atom stereocenters. The van der Waals surface area contributed by atoms with Crippen molar-refractivity contribution in [1.29, 1.82) is 0 Å². The van der Waals surface area contributed by atoms with Crippen molar-refractivity contribution in [3.05, 3.63) is 0 Å².